The third-order valence-corrected chi connectivity index (χ3v) is 3.45. The second kappa shape index (κ2) is 5.05. The summed E-state index contributed by atoms with van der Waals surface area (Å²) >= 11 is 0. The maximum absolute atomic E-state index is 12.3. The molecule has 2 aromatic heterocycles. The molecule has 0 bridgehead atoms. The highest BCUT2D eigenvalue weighted by Crippen LogP contribution is 2.12. The van der Waals surface area contributed by atoms with Crippen LogP contribution in [-0.4, -0.2) is 14.3 Å². The van der Waals surface area contributed by atoms with Gasteiger partial charge in [0, 0.05) is 12.6 Å². The average molecular weight is 285 g/mol. The zero-order chi connectivity index (χ0) is 15.0. The van der Waals surface area contributed by atoms with Gasteiger partial charge in [0.15, 0.2) is 0 Å². The summed E-state index contributed by atoms with van der Waals surface area (Å²) in [6.07, 6.45) is 0. The van der Waals surface area contributed by atoms with E-state index in [1.54, 1.807) is 13.0 Å². The van der Waals surface area contributed by atoms with Gasteiger partial charge in [-0.25, -0.2) is 0 Å². The third kappa shape index (κ3) is 2.18. The van der Waals surface area contributed by atoms with Crippen LogP contribution in [0.4, 0.5) is 0 Å². The first-order valence-electron chi connectivity index (χ1n) is 6.76. The van der Waals surface area contributed by atoms with Crippen molar-refractivity contribution in [2.75, 3.05) is 0 Å². The molecule has 6 heteroatoms. The number of fused-ring (bicyclic) bond motifs is 1. The number of para-hydroxylation sites is 2. The predicted octanol–water partition coefficient (Wildman–Crippen LogP) is 1.53. The molecule has 6 nitrogen and oxygen atoms in total. The van der Waals surface area contributed by atoms with Crippen LogP contribution in [0.3, 0.4) is 0 Å². The van der Waals surface area contributed by atoms with E-state index in [1.807, 2.05) is 31.2 Å². The van der Waals surface area contributed by atoms with E-state index in [0.29, 0.717) is 23.5 Å². The van der Waals surface area contributed by atoms with Crippen molar-refractivity contribution in [2.24, 2.45) is 0 Å². The summed E-state index contributed by atoms with van der Waals surface area (Å²) in [7, 11) is 0. The lowest BCUT2D eigenvalue weighted by molar-refractivity contribution is 0.389. The van der Waals surface area contributed by atoms with Crippen LogP contribution in [0.2, 0.25) is 0 Å². The largest absolute Gasteiger partial charge is 0.361 e. The predicted molar refractivity (Wildman–Crippen MR) is 78.5 cm³/mol. The maximum atomic E-state index is 12.3. The van der Waals surface area contributed by atoms with Crippen LogP contribution in [0.1, 0.15) is 18.4 Å². The van der Waals surface area contributed by atoms with Crippen LogP contribution in [0, 0.1) is 6.92 Å². The SMILES string of the molecule is CCn1c(=O)c(=O)n(Cc2cc(C)on2)c2ccccc21. The average Bonchev–Trinajstić information content (AvgIpc) is 2.90. The van der Waals surface area contributed by atoms with Gasteiger partial charge in [-0.15, -0.1) is 0 Å². The van der Waals surface area contributed by atoms with E-state index in [1.165, 1.54) is 9.13 Å². The molecule has 1 aromatic carbocycles. The van der Waals surface area contributed by atoms with E-state index in [2.05, 4.69) is 5.16 Å². The maximum Gasteiger partial charge on any atom is 0.317 e. The fourth-order valence-corrected chi connectivity index (χ4v) is 2.50. The summed E-state index contributed by atoms with van der Waals surface area (Å²) in [4.78, 5) is 24.6. The van der Waals surface area contributed by atoms with Crippen molar-refractivity contribution in [3.63, 3.8) is 0 Å². The second-order valence-corrected chi connectivity index (χ2v) is 4.86. The minimum absolute atomic E-state index is 0.219. The highest BCUT2D eigenvalue weighted by atomic mass is 16.5. The van der Waals surface area contributed by atoms with Crippen LogP contribution < -0.4 is 11.1 Å². The number of aryl methyl sites for hydroxylation is 2. The molecule has 0 radical (unpaired) electrons. The van der Waals surface area contributed by atoms with Crippen molar-refractivity contribution < 1.29 is 4.52 Å². The number of nitrogens with zero attached hydrogens (tertiary/aromatic N) is 3. The zero-order valence-electron chi connectivity index (χ0n) is 11.9. The van der Waals surface area contributed by atoms with Gasteiger partial charge in [-0.3, -0.25) is 14.2 Å². The Bertz CT molecular complexity index is 918. The molecule has 0 aliphatic rings. The third-order valence-electron chi connectivity index (χ3n) is 3.45. The summed E-state index contributed by atoms with van der Waals surface area (Å²) in [6, 6.07) is 9.12. The zero-order valence-corrected chi connectivity index (χ0v) is 11.9. The first-order chi connectivity index (χ1) is 10.1. The van der Waals surface area contributed by atoms with Gasteiger partial charge < -0.3 is 9.09 Å². The molecule has 0 aliphatic carbocycles. The molecular formula is C15H15N3O3. The number of hydrogen-bond donors (Lipinski definition) is 0. The van der Waals surface area contributed by atoms with Gasteiger partial charge in [0.25, 0.3) is 0 Å². The van der Waals surface area contributed by atoms with Crippen molar-refractivity contribution in [1.29, 1.82) is 0 Å². The van der Waals surface area contributed by atoms with E-state index in [-0.39, 0.29) is 6.54 Å². The van der Waals surface area contributed by atoms with E-state index in [4.69, 9.17) is 4.52 Å². The van der Waals surface area contributed by atoms with Gasteiger partial charge >= 0.3 is 11.1 Å². The molecule has 0 saturated carbocycles. The van der Waals surface area contributed by atoms with E-state index in [9.17, 15) is 9.59 Å². The molecule has 0 aliphatic heterocycles. The van der Waals surface area contributed by atoms with Gasteiger partial charge in [0.2, 0.25) is 0 Å². The first kappa shape index (κ1) is 13.4. The van der Waals surface area contributed by atoms with Gasteiger partial charge in [-0.2, -0.15) is 0 Å². The Hall–Kier alpha value is -2.63. The Labute approximate surface area is 120 Å². The van der Waals surface area contributed by atoms with Crippen LogP contribution in [0.5, 0.6) is 0 Å². The summed E-state index contributed by atoms with van der Waals surface area (Å²) in [5, 5.41) is 3.89. The lowest BCUT2D eigenvalue weighted by atomic mass is 10.2. The smallest absolute Gasteiger partial charge is 0.317 e. The van der Waals surface area contributed by atoms with Gasteiger partial charge in [0.05, 0.1) is 17.6 Å². The Kier molecular flexibility index (Phi) is 3.21. The molecule has 0 N–H and O–H groups in total. The van der Waals surface area contributed by atoms with Crippen LogP contribution in [-0.2, 0) is 13.1 Å². The molecular weight excluding hydrogens is 270 g/mol. The topological polar surface area (TPSA) is 70.0 Å². The van der Waals surface area contributed by atoms with Crippen LogP contribution >= 0.6 is 0 Å². The summed E-state index contributed by atoms with van der Waals surface area (Å²) < 4.78 is 7.95. The second-order valence-electron chi connectivity index (χ2n) is 4.86. The van der Waals surface area contributed by atoms with E-state index >= 15 is 0 Å². The fraction of sp³-hybridized carbons (Fsp3) is 0.267. The van der Waals surface area contributed by atoms with Gasteiger partial charge in [0.1, 0.15) is 11.5 Å². The van der Waals surface area contributed by atoms with Crippen molar-refractivity contribution in [2.45, 2.75) is 26.9 Å². The standard InChI is InChI=1S/C15H15N3O3/c1-3-17-12-6-4-5-7-13(12)18(15(20)14(17)19)9-11-8-10(2)21-16-11/h4-8H,3,9H2,1-2H3. The Balaban J connectivity index is 2.29. The lowest BCUT2D eigenvalue weighted by Crippen LogP contribution is -2.41. The number of benzene rings is 1. The molecule has 0 atom stereocenters. The molecule has 0 amide bonds. The van der Waals surface area contributed by atoms with E-state index < -0.39 is 11.1 Å². The first-order valence-corrected chi connectivity index (χ1v) is 6.76. The lowest BCUT2D eigenvalue weighted by Gasteiger charge is -2.12. The van der Waals surface area contributed by atoms with Crippen LogP contribution in [0.15, 0.2) is 44.4 Å². The quantitative estimate of drug-likeness (QED) is 0.684. The van der Waals surface area contributed by atoms with Crippen molar-refractivity contribution in [1.82, 2.24) is 14.3 Å². The Morgan fingerprint density at radius 2 is 1.71 bits per heavy atom. The molecule has 0 unspecified atom stereocenters. The molecule has 3 aromatic rings. The van der Waals surface area contributed by atoms with Crippen molar-refractivity contribution >= 4 is 11.0 Å². The van der Waals surface area contributed by atoms with Crippen molar-refractivity contribution in [3.05, 3.63) is 62.5 Å². The highest BCUT2D eigenvalue weighted by molar-refractivity contribution is 5.75. The van der Waals surface area contributed by atoms with Crippen LogP contribution in [0.25, 0.3) is 11.0 Å². The molecule has 0 spiro atoms. The fourth-order valence-electron chi connectivity index (χ4n) is 2.50. The normalized spacial score (nSPS) is 11.1. The van der Waals surface area contributed by atoms with Gasteiger partial charge in [-0.1, -0.05) is 17.3 Å². The molecule has 3 rings (SSSR count). The minimum Gasteiger partial charge on any atom is -0.361 e. The molecule has 0 saturated heterocycles. The molecule has 21 heavy (non-hydrogen) atoms. The van der Waals surface area contributed by atoms with Crippen molar-refractivity contribution in [3.8, 4) is 0 Å². The number of hydrogen-bond acceptors (Lipinski definition) is 4. The Morgan fingerprint density at radius 3 is 2.29 bits per heavy atom. The summed E-state index contributed by atoms with van der Waals surface area (Å²) in [5.74, 6) is 0.671. The van der Waals surface area contributed by atoms with E-state index in [0.717, 1.165) is 5.52 Å². The molecule has 108 valence electrons. The summed E-state index contributed by atoms with van der Waals surface area (Å²) in [6.45, 7) is 4.31. The highest BCUT2D eigenvalue weighted by Gasteiger charge is 2.13. The number of rotatable bonds is 3. The van der Waals surface area contributed by atoms with Gasteiger partial charge in [-0.05, 0) is 26.0 Å². The molecule has 2 heterocycles. The Morgan fingerprint density at radius 1 is 1.10 bits per heavy atom. The number of aromatic nitrogens is 3. The molecule has 0 fully saturated rings. The summed E-state index contributed by atoms with van der Waals surface area (Å²) in [5.41, 5.74) is 1.01. The minimum atomic E-state index is -0.545. The monoisotopic (exact) mass is 285 g/mol.